The Bertz CT molecular complexity index is 876. The fraction of sp³-hybridized carbons (Fsp3) is 0.125. The van der Waals surface area contributed by atoms with Gasteiger partial charge in [0, 0.05) is 35.4 Å². The zero-order valence-electron chi connectivity index (χ0n) is 13.0. The molecule has 2 aromatic carbocycles. The van der Waals surface area contributed by atoms with Crippen LogP contribution in [-0.4, -0.2) is 21.8 Å². The van der Waals surface area contributed by atoms with Crippen LogP contribution in [0.15, 0.2) is 36.4 Å². The summed E-state index contributed by atoms with van der Waals surface area (Å²) in [5.74, 6) is -0.975. The Morgan fingerprint density at radius 2 is 1.12 bits per heavy atom. The molecule has 0 amide bonds. The number of benzene rings is 2. The van der Waals surface area contributed by atoms with Crippen molar-refractivity contribution in [3.63, 3.8) is 0 Å². The minimum atomic E-state index is -0.536. The molecular weight excluding hydrogens is 348 g/mol. The molecule has 0 saturated carbocycles. The Kier molecular flexibility index (Phi) is 4.31. The van der Waals surface area contributed by atoms with E-state index in [9.17, 15) is 29.8 Å². The number of hydrogen-bond acceptors (Lipinski definition) is 8. The Labute approximate surface area is 145 Å². The Balaban J connectivity index is 0.000000151. The molecule has 0 atom stereocenters. The molecular formula is C16H10N2O8. The van der Waals surface area contributed by atoms with Crippen LogP contribution in [0.2, 0.25) is 0 Å². The largest absolute Gasteiger partial charge is 0.457 e. The topological polar surface area (TPSA) is 139 Å². The molecule has 10 heteroatoms. The first-order valence-electron chi connectivity index (χ1n) is 7.25. The fourth-order valence-corrected chi connectivity index (χ4v) is 2.43. The molecule has 132 valence electrons. The summed E-state index contributed by atoms with van der Waals surface area (Å²) in [5, 5.41) is 20.7. The number of non-ortho nitro benzene ring substituents is 2. The number of nitro groups is 2. The van der Waals surface area contributed by atoms with Crippen LogP contribution in [-0.2, 0) is 22.7 Å². The summed E-state index contributed by atoms with van der Waals surface area (Å²) in [6, 6.07) is 8.29. The molecule has 0 saturated heterocycles. The lowest BCUT2D eigenvalue weighted by atomic mass is 10.1. The molecule has 0 spiro atoms. The van der Waals surface area contributed by atoms with Crippen molar-refractivity contribution in [3.05, 3.63) is 78.9 Å². The zero-order valence-corrected chi connectivity index (χ0v) is 13.0. The van der Waals surface area contributed by atoms with E-state index < -0.39 is 21.8 Å². The number of carbonyl (C=O) groups is 2. The van der Waals surface area contributed by atoms with Gasteiger partial charge in [-0.2, -0.15) is 0 Å². The van der Waals surface area contributed by atoms with E-state index in [-0.39, 0.29) is 24.6 Å². The Morgan fingerprint density at radius 1 is 0.731 bits per heavy atom. The highest BCUT2D eigenvalue weighted by atomic mass is 16.6. The molecule has 0 aromatic heterocycles. The van der Waals surface area contributed by atoms with Crippen molar-refractivity contribution >= 4 is 23.3 Å². The van der Waals surface area contributed by atoms with Crippen LogP contribution in [0.4, 0.5) is 11.4 Å². The molecule has 0 N–H and O–H groups in total. The molecule has 2 aliphatic heterocycles. The normalized spacial score (nSPS) is 13.7. The molecule has 0 fully saturated rings. The van der Waals surface area contributed by atoms with Crippen LogP contribution in [0.1, 0.15) is 31.8 Å². The van der Waals surface area contributed by atoms with Gasteiger partial charge < -0.3 is 9.47 Å². The number of rotatable bonds is 2. The molecule has 10 nitrogen and oxygen atoms in total. The van der Waals surface area contributed by atoms with Gasteiger partial charge in [0.1, 0.15) is 13.2 Å². The lowest BCUT2D eigenvalue weighted by Crippen LogP contribution is -1.95. The standard InChI is InChI=1S/2C8H5NO4/c2*10-8-7-3-6(9(11)12)2-1-5(7)4-13-8/h2*1-3H,4H2. The van der Waals surface area contributed by atoms with E-state index in [1.165, 1.54) is 24.3 Å². The number of nitrogens with zero attached hydrogens (tertiary/aromatic N) is 2. The molecule has 0 unspecified atom stereocenters. The van der Waals surface area contributed by atoms with Gasteiger partial charge in [-0.25, -0.2) is 9.59 Å². The number of esters is 2. The lowest BCUT2D eigenvalue weighted by molar-refractivity contribution is -0.385. The number of fused-ring (bicyclic) bond motifs is 2. The van der Waals surface area contributed by atoms with E-state index in [1.54, 1.807) is 12.1 Å². The quantitative estimate of drug-likeness (QED) is 0.453. The smallest absolute Gasteiger partial charge is 0.339 e. The maximum atomic E-state index is 11.0. The maximum absolute atomic E-state index is 11.0. The molecule has 0 aliphatic carbocycles. The molecule has 4 rings (SSSR count). The van der Waals surface area contributed by atoms with Gasteiger partial charge in [0.15, 0.2) is 0 Å². The molecule has 2 heterocycles. The van der Waals surface area contributed by atoms with E-state index >= 15 is 0 Å². The number of hydrogen-bond donors (Lipinski definition) is 0. The highest BCUT2D eigenvalue weighted by molar-refractivity contribution is 5.94. The summed E-state index contributed by atoms with van der Waals surface area (Å²) in [6.07, 6.45) is 0. The highest BCUT2D eigenvalue weighted by Gasteiger charge is 2.24. The summed E-state index contributed by atoms with van der Waals surface area (Å²) < 4.78 is 9.39. The van der Waals surface area contributed by atoms with Crippen molar-refractivity contribution in [2.75, 3.05) is 0 Å². The van der Waals surface area contributed by atoms with Crippen LogP contribution in [0.25, 0.3) is 0 Å². The van der Waals surface area contributed by atoms with Crippen LogP contribution >= 0.6 is 0 Å². The second-order valence-electron chi connectivity index (χ2n) is 5.35. The minimum Gasteiger partial charge on any atom is -0.457 e. The van der Waals surface area contributed by atoms with Gasteiger partial charge in [0.25, 0.3) is 11.4 Å². The van der Waals surface area contributed by atoms with Gasteiger partial charge in [-0.15, -0.1) is 0 Å². The predicted octanol–water partition coefficient (Wildman–Crippen LogP) is 2.53. The number of nitro benzene ring substituents is 2. The SMILES string of the molecule is O=C1OCc2ccc([N+](=O)[O-])cc21.O=C1OCc2ccc([N+](=O)[O-])cc21. The summed E-state index contributed by atoms with van der Waals surface area (Å²) in [5.41, 5.74) is 1.84. The first-order valence-corrected chi connectivity index (χ1v) is 7.25. The first-order chi connectivity index (χ1) is 12.4. The first kappa shape index (κ1) is 17.0. The minimum absolute atomic E-state index is 0.0856. The highest BCUT2D eigenvalue weighted by Crippen LogP contribution is 2.25. The fourth-order valence-electron chi connectivity index (χ4n) is 2.43. The van der Waals surface area contributed by atoms with Crippen LogP contribution in [0, 0.1) is 20.2 Å². The summed E-state index contributed by atoms with van der Waals surface area (Å²) in [7, 11) is 0. The third-order valence-corrected chi connectivity index (χ3v) is 3.77. The van der Waals surface area contributed by atoms with E-state index in [1.807, 2.05) is 0 Å². The predicted molar refractivity (Wildman–Crippen MR) is 84.4 cm³/mol. The molecule has 2 aromatic rings. The van der Waals surface area contributed by atoms with Gasteiger partial charge >= 0.3 is 11.9 Å². The second-order valence-corrected chi connectivity index (χ2v) is 5.35. The molecule has 0 bridgehead atoms. The van der Waals surface area contributed by atoms with Crippen molar-refractivity contribution in [2.45, 2.75) is 13.2 Å². The van der Waals surface area contributed by atoms with E-state index in [2.05, 4.69) is 0 Å². The third-order valence-electron chi connectivity index (χ3n) is 3.77. The third kappa shape index (κ3) is 3.20. The van der Waals surface area contributed by atoms with Crippen LogP contribution < -0.4 is 0 Å². The zero-order chi connectivity index (χ0) is 18.8. The average Bonchev–Trinajstić information content (AvgIpc) is 3.18. The lowest BCUT2D eigenvalue weighted by Gasteiger charge is -1.93. The number of ether oxygens (including phenoxy) is 2. The van der Waals surface area contributed by atoms with Crippen LogP contribution in [0.5, 0.6) is 0 Å². The second kappa shape index (κ2) is 6.59. The van der Waals surface area contributed by atoms with Crippen molar-refractivity contribution in [1.82, 2.24) is 0 Å². The number of cyclic esters (lactones) is 2. The van der Waals surface area contributed by atoms with Crippen LogP contribution in [0.3, 0.4) is 0 Å². The molecule has 2 aliphatic rings. The monoisotopic (exact) mass is 358 g/mol. The summed E-state index contributed by atoms with van der Waals surface area (Å²) >= 11 is 0. The Hall–Kier alpha value is -3.82. The summed E-state index contributed by atoms with van der Waals surface area (Å²) in [6.45, 7) is 0.429. The van der Waals surface area contributed by atoms with Crippen molar-refractivity contribution in [2.24, 2.45) is 0 Å². The van der Waals surface area contributed by atoms with Crippen molar-refractivity contribution in [1.29, 1.82) is 0 Å². The molecule has 26 heavy (non-hydrogen) atoms. The number of carbonyl (C=O) groups excluding carboxylic acids is 2. The van der Waals surface area contributed by atoms with Gasteiger partial charge in [0.2, 0.25) is 0 Å². The van der Waals surface area contributed by atoms with Gasteiger partial charge in [0.05, 0.1) is 21.0 Å². The molecule has 0 radical (unpaired) electrons. The van der Waals surface area contributed by atoms with Gasteiger partial charge in [-0.05, 0) is 12.1 Å². The van der Waals surface area contributed by atoms with Crippen molar-refractivity contribution in [3.8, 4) is 0 Å². The van der Waals surface area contributed by atoms with E-state index in [0.717, 1.165) is 0 Å². The van der Waals surface area contributed by atoms with E-state index in [0.29, 0.717) is 22.3 Å². The Morgan fingerprint density at radius 3 is 1.46 bits per heavy atom. The average molecular weight is 358 g/mol. The van der Waals surface area contributed by atoms with Crippen molar-refractivity contribution < 1.29 is 28.9 Å². The van der Waals surface area contributed by atoms with E-state index in [4.69, 9.17) is 9.47 Å². The van der Waals surface area contributed by atoms with Gasteiger partial charge in [-0.3, -0.25) is 20.2 Å². The summed E-state index contributed by atoms with van der Waals surface area (Å²) in [4.78, 5) is 41.6. The van der Waals surface area contributed by atoms with Gasteiger partial charge in [-0.1, -0.05) is 0 Å². The maximum Gasteiger partial charge on any atom is 0.339 e.